The van der Waals surface area contributed by atoms with E-state index in [4.69, 9.17) is 0 Å². The van der Waals surface area contributed by atoms with Crippen LogP contribution in [-0.2, 0) is 0 Å². The maximum Gasteiger partial charge on any atom is 0.166 e. The van der Waals surface area contributed by atoms with Crippen molar-refractivity contribution >= 4 is 5.78 Å². The van der Waals surface area contributed by atoms with Crippen LogP contribution in [0.5, 0.6) is 0 Å². The molecule has 0 amide bonds. The van der Waals surface area contributed by atoms with Crippen molar-refractivity contribution in [2.75, 3.05) is 0 Å². The van der Waals surface area contributed by atoms with Crippen molar-refractivity contribution < 1.29 is 4.79 Å². The van der Waals surface area contributed by atoms with Crippen LogP contribution < -0.4 is 0 Å². The predicted octanol–water partition coefficient (Wildman–Crippen LogP) is 4.15. The Balaban J connectivity index is 2.14. The van der Waals surface area contributed by atoms with Gasteiger partial charge in [0.2, 0.25) is 0 Å². The molecule has 0 aliphatic heterocycles. The number of ketones is 1. The van der Waals surface area contributed by atoms with E-state index in [2.05, 4.69) is 0 Å². The van der Waals surface area contributed by atoms with Crippen LogP contribution in [0.15, 0.2) is 24.3 Å². The fraction of sp³-hybridized carbons (Fsp3) is 0.533. The molecule has 1 aliphatic rings. The third-order valence-electron chi connectivity index (χ3n) is 3.64. The summed E-state index contributed by atoms with van der Waals surface area (Å²) in [7, 11) is 0. The molecule has 0 heterocycles. The van der Waals surface area contributed by atoms with Gasteiger partial charge in [-0.05, 0) is 25.3 Å². The van der Waals surface area contributed by atoms with Crippen LogP contribution in [0.2, 0.25) is 0 Å². The minimum Gasteiger partial charge on any atom is -0.294 e. The summed E-state index contributed by atoms with van der Waals surface area (Å²) in [5.41, 5.74) is 2.06. The fourth-order valence-corrected chi connectivity index (χ4v) is 2.61. The smallest absolute Gasteiger partial charge is 0.166 e. The number of benzene rings is 1. The zero-order valence-corrected chi connectivity index (χ0v) is 10.0. The summed E-state index contributed by atoms with van der Waals surface area (Å²) in [5.74, 6) is 0.656. The molecule has 16 heavy (non-hydrogen) atoms. The van der Waals surface area contributed by atoms with Gasteiger partial charge in [-0.3, -0.25) is 4.79 Å². The lowest BCUT2D eigenvalue weighted by Gasteiger charge is -2.14. The van der Waals surface area contributed by atoms with Gasteiger partial charge in [0.25, 0.3) is 0 Å². The van der Waals surface area contributed by atoms with Gasteiger partial charge < -0.3 is 0 Å². The molecule has 1 saturated carbocycles. The first kappa shape index (κ1) is 11.4. The Bertz CT molecular complexity index is 359. The molecule has 0 atom stereocenters. The van der Waals surface area contributed by atoms with Crippen LogP contribution >= 0.6 is 0 Å². The minimum atomic E-state index is 0.281. The van der Waals surface area contributed by atoms with Crippen LogP contribution in [0, 0.1) is 12.8 Å². The molecule has 1 fully saturated rings. The number of carbonyl (C=O) groups is 1. The van der Waals surface area contributed by atoms with E-state index in [1.54, 1.807) is 0 Å². The summed E-state index contributed by atoms with van der Waals surface area (Å²) in [5, 5.41) is 0. The zero-order valence-electron chi connectivity index (χ0n) is 10.0. The Morgan fingerprint density at radius 2 is 1.69 bits per heavy atom. The summed E-state index contributed by atoms with van der Waals surface area (Å²) >= 11 is 0. The third kappa shape index (κ3) is 2.52. The number of rotatable bonds is 2. The lowest BCUT2D eigenvalue weighted by Crippen LogP contribution is -2.15. The van der Waals surface area contributed by atoms with Crippen molar-refractivity contribution in [1.29, 1.82) is 0 Å². The van der Waals surface area contributed by atoms with E-state index in [0.717, 1.165) is 24.0 Å². The largest absolute Gasteiger partial charge is 0.294 e. The Morgan fingerprint density at radius 1 is 1.06 bits per heavy atom. The van der Waals surface area contributed by atoms with Crippen LogP contribution in [0.3, 0.4) is 0 Å². The predicted molar refractivity (Wildman–Crippen MR) is 66.7 cm³/mol. The fourth-order valence-electron chi connectivity index (χ4n) is 2.61. The van der Waals surface area contributed by atoms with Crippen LogP contribution in [-0.4, -0.2) is 5.78 Å². The van der Waals surface area contributed by atoms with Crippen LogP contribution in [0.4, 0.5) is 0 Å². The normalized spacial score (nSPS) is 18.1. The Hall–Kier alpha value is -1.11. The van der Waals surface area contributed by atoms with E-state index in [1.165, 1.54) is 25.7 Å². The molecule has 2 rings (SSSR count). The molecule has 0 saturated heterocycles. The summed E-state index contributed by atoms with van der Waals surface area (Å²) in [6, 6.07) is 7.97. The van der Waals surface area contributed by atoms with Gasteiger partial charge in [0, 0.05) is 11.5 Å². The lowest BCUT2D eigenvalue weighted by molar-refractivity contribution is 0.0907. The molecule has 0 bridgehead atoms. The van der Waals surface area contributed by atoms with E-state index in [9.17, 15) is 4.79 Å². The average Bonchev–Trinajstić information content (AvgIpc) is 2.57. The number of Topliss-reactive ketones (excluding diaryl/α,β-unsaturated/α-hetero) is 1. The van der Waals surface area contributed by atoms with Gasteiger partial charge >= 0.3 is 0 Å². The highest BCUT2D eigenvalue weighted by Gasteiger charge is 2.21. The van der Waals surface area contributed by atoms with Gasteiger partial charge in [-0.2, -0.15) is 0 Å². The molecule has 0 radical (unpaired) electrons. The minimum absolute atomic E-state index is 0.281. The van der Waals surface area contributed by atoms with Crippen molar-refractivity contribution in [3.8, 4) is 0 Å². The average molecular weight is 216 g/mol. The van der Waals surface area contributed by atoms with Crippen molar-refractivity contribution in [3.05, 3.63) is 35.4 Å². The number of hydrogen-bond donors (Lipinski definition) is 0. The quantitative estimate of drug-likeness (QED) is 0.536. The molecule has 1 aromatic rings. The lowest BCUT2D eigenvalue weighted by atomic mass is 9.89. The topological polar surface area (TPSA) is 17.1 Å². The standard InChI is InChI=1S/C15H20O/c1-12-8-6-7-11-14(12)15(16)13-9-4-2-3-5-10-13/h6-8,11,13H,2-5,9-10H2,1H3. The molecule has 0 unspecified atom stereocenters. The van der Waals surface area contributed by atoms with Crippen LogP contribution in [0.25, 0.3) is 0 Å². The van der Waals surface area contributed by atoms with Gasteiger partial charge in [0.05, 0.1) is 0 Å². The summed E-state index contributed by atoms with van der Waals surface area (Å²) < 4.78 is 0. The summed E-state index contributed by atoms with van der Waals surface area (Å²) in [6.07, 6.45) is 7.24. The first-order valence-corrected chi connectivity index (χ1v) is 6.39. The van der Waals surface area contributed by atoms with Crippen LogP contribution in [0.1, 0.15) is 54.4 Å². The maximum atomic E-state index is 12.4. The molecule has 1 heteroatoms. The molecule has 0 aromatic heterocycles. The highest BCUT2D eigenvalue weighted by atomic mass is 16.1. The van der Waals surface area contributed by atoms with Crippen molar-refractivity contribution in [2.24, 2.45) is 5.92 Å². The molecule has 1 nitrogen and oxygen atoms in total. The van der Waals surface area contributed by atoms with Gasteiger partial charge in [-0.1, -0.05) is 49.9 Å². The van der Waals surface area contributed by atoms with E-state index in [0.29, 0.717) is 5.78 Å². The highest BCUT2D eigenvalue weighted by Crippen LogP contribution is 2.26. The molecule has 1 aliphatic carbocycles. The van der Waals surface area contributed by atoms with Crippen molar-refractivity contribution in [1.82, 2.24) is 0 Å². The Kier molecular flexibility index (Phi) is 3.76. The zero-order chi connectivity index (χ0) is 11.4. The van der Waals surface area contributed by atoms with Crippen molar-refractivity contribution in [3.63, 3.8) is 0 Å². The van der Waals surface area contributed by atoms with E-state index < -0.39 is 0 Å². The molecule has 0 spiro atoms. The monoisotopic (exact) mass is 216 g/mol. The van der Waals surface area contributed by atoms with Crippen molar-refractivity contribution in [2.45, 2.75) is 45.4 Å². The van der Waals surface area contributed by atoms with E-state index in [-0.39, 0.29) is 5.92 Å². The highest BCUT2D eigenvalue weighted by molar-refractivity contribution is 5.99. The first-order chi connectivity index (χ1) is 7.79. The van der Waals surface area contributed by atoms with Gasteiger partial charge in [0.15, 0.2) is 5.78 Å². The van der Waals surface area contributed by atoms with E-state index >= 15 is 0 Å². The number of aryl methyl sites for hydroxylation is 1. The second kappa shape index (κ2) is 5.29. The van der Waals surface area contributed by atoms with Gasteiger partial charge in [-0.25, -0.2) is 0 Å². The molecular weight excluding hydrogens is 196 g/mol. The number of carbonyl (C=O) groups excluding carboxylic acids is 1. The third-order valence-corrected chi connectivity index (χ3v) is 3.64. The molecule has 86 valence electrons. The molecule has 0 N–H and O–H groups in total. The first-order valence-electron chi connectivity index (χ1n) is 6.39. The second-order valence-corrected chi connectivity index (χ2v) is 4.87. The second-order valence-electron chi connectivity index (χ2n) is 4.87. The number of hydrogen-bond acceptors (Lipinski definition) is 1. The summed E-state index contributed by atoms with van der Waals surface area (Å²) in [6.45, 7) is 2.03. The summed E-state index contributed by atoms with van der Waals surface area (Å²) in [4.78, 5) is 12.4. The van der Waals surface area contributed by atoms with E-state index in [1.807, 2.05) is 31.2 Å². The van der Waals surface area contributed by atoms with Gasteiger partial charge in [0.1, 0.15) is 0 Å². The Labute approximate surface area is 97.9 Å². The van der Waals surface area contributed by atoms with Gasteiger partial charge in [-0.15, -0.1) is 0 Å². The molecular formula is C15H20O. The maximum absolute atomic E-state index is 12.4. The molecule has 1 aromatic carbocycles. The SMILES string of the molecule is Cc1ccccc1C(=O)C1CCCCCC1. The Morgan fingerprint density at radius 3 is 2.31 bits per heavy atom.